The van der Waals surface area contributed by atoms with E-state index in [-0.39, 0.29) is 17.4 Å². The Hall–Kier alpha value is -0.970. The zero-order valence-electron chi connectivity index (χ0n) is 15.6. The number of amides is 1. The van der Waals surface area contributed by atoms with Crippen LogP contribution in [-0.4, -0.2) is 28.8 Å². The van der Waals surface area contributed by atoms with Crippen molar-refractivity contribution < 1.29 is 14.6 Å². The molecule has 4 fully saturated rings. The summed E-state index contributed by atoms with van der Waals surface area (Å²) in [5, 5.41) is 15.4. The number of rotatable bonds is 6. The minimum atomic E-state index is -0.591. The number of nitrogens with one attached hydrogen (secondary N) is 1. The van der Waals surface area contributed by atoms with E-state index in [1.807, 2.05) is 0 Å². The first kappa shape index (κ1) is 19.4. The van der Waals surface area contributed by atoms with Crippen LogP contribution in [0, 0.1) is 17.8 Å². The lowest BCUT2D eigenvalue weighted by Crippen LogP contribution is -2.70. The van der Waals surface area contributed by atoms with Crippen molar-refractivity contribution in [2.45, 2.75) is 63.0 Å². The van der Waals surface area contributed by atoms with Gasteiger partial charge >= 0.3 is 0 Å². The van der Waals surface area contributed by atoms with E-state index >= 15 is 0 Å². The molecule has 2 N–H and O–H groups in total. The van der Waals surface area contributed by atoms with Crippen LogP contribution in [0.4, 0.5) is 0 Å². The summed E-state index contributed by atoms with van der Waals surface area (Å²) in [5.41, 5.74) is -0.817. The van der Waals surface area contributed by atoms with Gasteiger partial charge in [0, 0.05) is 22.9 Å². The lowest BCUT2D eigenvalue weighted by atomic mass is 9.47. The third kappa shape index (κ3) is 3.68. The number of ether oxygens (including phenoxy) is 1. The van der Waals surface area contributed by atoms with Gasteiger partial charge in [-0.15, -0.1) is 0 Å². The molecule has 3 atom stereocenters. The van der Waals surface area contributed by atoms with E-state index < -0.39 is 5.60 Å². The molecule has 1 aromatic rings. The third-order valence-corrected chi connectivity index (χ3v) is 7.51. The van der Waals surface area contributed by atoms with Gasteiger partial charge < -0.3 is 15.2 Å². The quantitative estimate of drug-likeness (QED) is 0.672. The van der Waals surface area contributed by atoms with E-state index in [1.54, 1.807) is 18.2 Å². The third-order valence-electron chi connectivity index (χ3n) is 6.98. The summed E-state index contributed by atoms with van der Waals surface area (Å²) in [6.45, 7) is 2.54. The van der Waals surface area contributed by atoms with E-state index in [0.717, 1.165) is 25.7 Å². The molecule has 0 heterocycles. The lowest BCUT2D eigenvalue weighted by molar-refractivity contribution is -0.185. The summed E-state index contributed by atoms with van der Waals surface area (Å²) in [6.07, 6.45) is 6.06. The van der Waals surface area contributed by atoms with Gasteiger partial charge in [-0.2, -0.15) is 0 Å². The number of benzene rings is 1. The minimum Gasteiger partial charge on any atom is -0.492 e. The van der Waals surface area contributed by atoms with Crippen molar-refractivity contribution in [3.05, 3.63) is 28.2 Å². The molecule has 0 aliphatic heterocycles. The van der Waals surface area contributed by atoms with Crippen molar-refractivity contribution in [1.29, 1.82) is 0 Å². The highest BCUT2D eigenvalue weighted by Gasteiger charge is 2.62. The Kier molecular flexibility index (Phi) is 5.11. The predicted molar refractivity (Wildman–Crippen MR) is 106 cm³/mol. The van der Waals surface area contributed by atoms with Crippen LogP contribution in [0.1, 0.15) is 51.9 Å². The maximum Gasteiger partial charge on any atom is 0.220 e. The molecule has 4 saturated carbocycles. The van der Waals surface area contributed by atoms with Gasteiger partial charge in [0.1, 0.15) is 5.75 Å². The Morgan fingerprint density at radius 2 is 1.96 bits per heavy atom. The normalized spacial score (nSPS) is 36.7. The molecule has 0 radical (unpaired) electrons. The maximum absolute atomic E-state index is 12.6. The molecule has 0 aromatic heterocycles. The van der Waals surface area contributed by atoms with E-state index in [1.165, 1.54) is 6.42 Å². The smallest absolute Gasteiger partial charge is 0.220 e. The Labute approximate surface area is 170 Å². The molecule has 4 nitrogen and oxygen atoms in total. The van der Waals surface area contributed by atoms with Gasteiger partial charge in [-0.1, -0.05) is 30.1 Å². The SMILES string of the molecule is CC1C2(O)CC3CC(C2)CC1(NC(=O)CCCOc1ccc(Cl)cc1Cl)C3. The van der Waals surface area contributed by atoms with Crippen LogP contribution in [0.2, 0.25) is 10.0 Å². The molecule has 4 aliphatic carbocycles. The number of carbonyl (C=O) groups excluding carboxylic acids is 1. The van der Waals surface area contributed by atoms with Crippen molar-refractivity contribution in [2.75, 3.05) is 6.61 Å². The van der Waals surface area contributed by atoms with E-state index in [0.29, 0.717) is 47.1 Å². The van der Waals surface area contributed by atoms with Crippen molar-refractivity contribution in [1.82, 2.24) is 5.32 Å². The molecule has 4 aliphatic rings. The van der Waals surface area contributed by atoms with Crippen LogP contribution in [0.15, 0.2) is 18.2 Å². The summed E-state index contributed by atoms with van der Waals surface area (Å²) >= 11 is 12.0. The molecule has 5 rings (SSSR count). The number of halogens is 2. The molecule has 3 unspecified atom stereocenters. The van der Waals surface area contributed by atoms with E-state index in [2.05, 4.69) is 12.2 Å². The van der Waals surface area contributed by atoms with Gasteiger partial charge in [0.05, 0.1) is 17.2 Å². The first-order valence-electron chi connectivity index (χ1n) is 9.91. The second kappa shape index (κ2) is 7.13. The number of hydrogen-bond donors (Lipinski definition) is 2. The van der Waals surface area contributed by atoms with Crippen LogP contribution in [-0.2, 0) is 4.79 Å². The molecule has 0 spiro atoms. The van der Waals surface area contributed by atoms with Crippen LogP contribution in [0.25, 0.3) is 0 Å². The maximum atomic E-state index is 12.6. The molecule has 6 heteroatoms. The molecule has 27 heavy (non-hydrogen) atoms. The van der Waals surface area contributed by atoms with Gasteiger partial charge in [-0.25, -0.2) is 0 Å². The van der Waals surface area contributed by atoms with Crippen LogP contribution >= 0.6 is 23.2 Å². The minimum absolute atomic E-state index is 0.0539. The van der Waals surface area contributed by atoms with Crippen molar-refractivity contribution in [2.24, 2.45) is 17.8 Å². The van der Waals surface area contributed by atoms with Gasteiger partial charge in [-0.05, 0) is 68.6 Å². The Morgan fingerprint density at radius 1 is 1.26 bits per heavy atom. The first-order chi connectivity index (χ1) is 12.8. The summed E-state index contributed by atoms with van der Waals surface area (Å²) in [4.78, 5) is 12.6. The van der Waals surface area contributed by atoms with E-state index in [4.69, 9.17) is 27.9 Å². The van der Waals surface area contributed by atoms with Gasteiger partial charge in [0.25, 0.3) is 0 Å². The van der Waals surface area contributed by atoms with Crippen LogP contribution in [0.5, 0.6) is 5.75 Å². The fourth-order valence-electron chi connectivity index (χ4n) is 5.92. The second-order valence-corrected chi connectivity index (χ2v) is 9.68. The topological polar surface area (TPSA) is 58.6 Å². The first-order valence-corrected chi connectivity index (χ1v) is 10.7. The summed E-state index contributed by atoms with van der Waals surface area (Å²) in [6, 6.07) is 5.11. The Balaban J connectivity index is 1.29. The average molecular weight is 412 g/mol. The van der Waals surface area contributed by atoms with Gasteiger partial charge in [0.2, 0.25) is 5.91 Å². The average Bonchev–Trinajstić information content (AvgIpc) is 2.57. The highest BCUT2D eigenvalue weighted by Crippen LogP contribution is 2.60. The molecule has 0 saturated heterocycles. The summed E-state index contributed by atoms with van der Waals surface area (Å²) < 4.78 is 5.66. The highest BCUT2D eigenvalue weighted by atomic mass is 35.5. The van der Waals surface area contributed by atoms with Crippen molar-refractivity contribution >= 4 is 29.1 Å². The van der Waals surface area contributed by atoms with Crippen molar-refractivity contribution in [3.63, 3.8) is 0 Å². The second-order valence-electron chi connectivity index (χ2n) is 8.84. The number of aliphatic hydroxyl groups is 1. The highest BCUT2D eigenvalue weighted by molar-refractivity contribution is 6.35. The van der Waals surface area contributed by atoms with Crippen molar-refractivity contribution in [3.8, 4) is 5.75 Å². The lowest BCUT2D eigenvalue weighted by Gasteiger charge is -2.64. The van der Waals surface area contributed by atoms with Crippen LogP contribution in [0.3, 0.4) is 0 Å². The number of carbonyl (C=O) groups is 1. The molecule has 148 valence electrons. The molecule has 4 bridgehead atoms. The number of hydrogen-bond acceptors (Lipinski definition) is 3. The van der Waals surface area contributed by atoms with Gasteiger partial charge in [-0.3, -0.25) is 4.79 Å². The Bertz CT molecular complexity index is 724. The molecule has 1 aromatic carbocycles. The zero-order chi connectivity index (χ0) is 19.2. The van der Waals surface area contributed by atoms with E-state index in [9.17, 15) is 9.90 Å². The molecular formula is C21H27Cl2NO3. The fourth-order valence-corrected chi connectivity index (χ4v) is 6.39. The zero-order valence-corrected chi connectivity index (χ0v) is 17.2. The summed E-state index contributed by atoms with van der Waals surface area (Å²) in [5.74, 6) is 1.85. The van der Waals surface area contributed by atoms with Gasteiger partial charge in [0.15, 0.2) is 0 Å². The van der Waals surface area contributed by atoms with Crippen LogP contribution < -0.4 is 10.1 Å². The standard InChI is InChI=1S/C21H27Cl2NO3/c1-13-20(9-14-7-15(10-20)12-21(13,26)11-14)24-19(25)3-2-6-27-18-5-4-16(22)8-17(18)23/h4-5,8,13-15,26H,2-3,6-7,9-12H2,1H3,(H,24,25). The largest absolute Gasteiger partial charge is 0.492 e. The Morgan fingerprint density at radius 3 is 2.63 bits per heavy atom. The summed E-state index contributed by atoms with van der Waals surface area (Å²) in [7, 11) is 0. The molecular weight excluding hydrogens is 385 g/mol. The monoisotopic (exact) mass is 411 g/mol. The predicted octanol–water partition coefficient (Wildman–Crippen LogP) is 4.60. The molecule has 1 amide bonds. The fraction of sp³-hybridized carbons (Fsp3) is 0.667.